The number of carbonyl (C=O) groups excluding carboxylic acids is 1. The molecule has 1 fully saturated rings. The van der Waals surface area contributed by atoms with Crippen LogP contribution in [0.4, 0.5) is 0 Å². The number of aliphatic hydroxyl groups is 1. The number of fused-ring (bicyclic) bond motifs is 1. The summed E-state index contributed by atoms with van der Waals surface area (Å²) in [5.41, 5.74) is 9.94. The molecule has 0 spiro atoms. The number of sulfonamides is 1. The molecule has 1 amide bonds. The number of aliphatic hydroxyl groups excluding tert-OH is 1. The van der Waals surface area contributed by atoms with Crippen LogP contribution in [0.3, 0.4) is 0 Å². The Kier molecular flexibility index (Phi) is 8.69. The lowest BCUT2D eigenvalue weighted by molar-refractivity contribution is 0.100. The number of nitrogens with one attached hydrogen (secondary N) is 2. The van der Waals surface area contributed by atoms with Crippen molar-refractivity contribution >= 4 is 26.8 Å². The number of piperidine rings is 1. The second-order valence-electron chi connectivity index (χ2n) is 10.3. The Bertz CT molecular complexity index is 1310. The molecule has 5 N–H and O–H groups in total. The maximum atomic E-state index is 13.0. The number of nitrogens with zero attached hydrogens (tertiary/aromatic N) is 1. The van der Waals surface area contributed by atoms with E-state index in [-0.39, 0.29) is 30.2 Å². The molecule has 200 valence electrons. The Morgan fingerprint density at radius 2 is 1.86 bits per heavy atom. The maximum absolute atomic E-state index is 13.0. The van der Waals surface area contributed by atoms with Gasteiger partial charge in [-0.2, -0.15) is 0 Å². The fourth-order valence-electron chi connectivity index (χ4n) is 5.21. The first-order valence-electron chi connectivity index (χ1n) is 13.0. The zero-order chi connectivity index (χ0) is 26.6. The summed E-state index contributed by atoms with van der Waals surface area (Å²) in [6.45, 7) is 5.60. The van der Waals surface area contributed by atoms with Crippen molar-refractivity contribution in [3.63, 3.8) is 0 Å². The van der Waals surface area contributed by atoms with E-state index in [0.717, 1.165) is 27.6 Å². The molecule has 1 saturated heterocycles. The van der Waals surface area contributed by atoms with E-state index in [0.29, 0.717) is 44.5 Å². The average molecular weight is 527 g/mol. The van der Waals surface area contributed by atoms with Crippen molar-refractivity contribution in [2.24, 2.45) is 11.7 Å². The molecule has 0 aliphatic carbocycles. The molecule has 3 aromatic rings. The summed E-state index contributed by atoms with van der Waals surface area (Å²) in [4.78, 5) is 15.5. The Morgan fingerprint density at radius 1 is 1.16 bits per heavy atom. The Morgan fingerprint density at radius 3 is 2.49 bits per heavy atom. The van der Waals surface area contributed by atoms with Crippen molar-refractivity contribution in [2.45, 2.75) is 45.1 Å². The van der Waals surface area contributed by atoms with Gasteiger partial charge in [-0.25, -0.2) is 12.7 Å². The van der Waals surface area contributed by atoms with Gasteiger partial charge < -0.3 is 21.1 Å². The third-order valence-corrected chi connectivity index (χ3v) is 9.42. The summed E-state index contributed by atoms with van der Waals surface area (Å²) in [6.07, 6.45) is 3.88. The van der Waals surface area contributed by atoms with Gasteiger partial charge in [-0.3, -0.25) is 4.79 Å². The van der Waals surface area contributed by atoms with Crippen molar-refractivity contribution < 1.29 is 18.3 Å². The SMILES string of the molecule is CC(C)[C@@H](CO)NCCCS(=O)(=O)N1CCC(c2c[nH]c3c(C(N)=O)cc(-c4ccccc4)cc23)CC1. The van der Waals surface area contributed by atoms with Crippen LogP contribution in [0.5, 0.6) is 0 Å². The second-order valence-corrected chi connectivity index (χ2v) is 12.3. The number of nitrogens with two attached hydrogens (primary N) is 1. The molecule has 1 aliphatic rings. The average Bonchev–Trinajstić information content (AvgIpc) is 3.32. The number of benzene rings is 2. The van der Waals surface area contributed by atoms with Crippen LogP contribution in [-0.4, -0.2) is 66.8 Å². The van der Waals surface area contributed by atoms with Gasteiger partial charge in [-0.1, -0.05) is 44.2 Å². The van der Waals surface area contributed by atoms with Crippen molar-refractivity contribution in [3.05, 3.63) is 59.8 Å². The van der Waals surface area contributed by atoms with Crippen LogP contribution in [0.25, 0.3) is 22.0 Å². The van der Waals surface area contributed by atoms with Crippen LogP contribution >= 0.6 is 0 Å². The van der Waals surface area contributed by atoms with Gasteiger partial charge in [-0.15, -0.1) is 0 Å². The maximum Gasteiger partial charge on any atom is 0.250 e. The monoisotopic (exact) mass is 526 g/mol. The van der Waals surface area contributed by atoms with E-state index in [1.165, 1.54) is 0 Å². The van der Waals surface area contributed by atoms with Gasteiger partial charge in [-0.05, 0) is 66.5 Å². The second kappa shape index (κ2) is 11.8. The molecule has 2 heterocycles. The summed E-state index contributed by atoms with van der Waals surface area (Å²) >= 11 is 0. The highest BCUT2D eigenvalue weighted by atomic mass is 32.2. The van der Waals surface area contributed by atoms with Crippen molar-refractivity contribution in [1.82, 2.24) is 14.6 Å². The Hall–Kier alpha value is -2.72. The van der Waals surface area contributed by atoms with Gasteiger partial charge in [0.1, 0.15) is 0 Å². The van der Waals surface area contributed by atoms with Crippen molar-refractivity contribution in [3.8, 4) is 11.1 Å². The summed E-state index contributed by atoms with van der Waals surface area (Å²) < 4.78 is 27.5. The molecule has 0 unspecified atom stereocenters. The molecule has 0 bridgehead atoms. The molecular weight excluding hydrogens is 488 g/mol. The number of H-pyrrole nitrogens is 1. The van der Waals surface area contributed by atoms with Gasteiger partial charge in [0, 0.05) is 30.7 Å². The summed E-state index contributed by atoms with van der Waals surface area (Å²) in [7, 11) is -3.34. The fourth-order valence-corrected chi connectivity index (χ4v) is 6.74. The first-order chi connectivity index (χ1) is 17.7. The van der Waals surface area contributed by atoms with E-state index in [1.54, 1.807) is 4.31 Å². The zero-order valence-electron chi connectivity index (χ0n) is 21.6. The minimum atomic E-state index is -3.34. The largest absolute Gasteiger partial charge is 0.395 e. The Balaban J connectivity index is 1.45. The first kappa shape index (κ1) is 27.3. The number of carbonyl (C=O) groups is 1. The molecule has 1 aromatic heterocycles. The molecule has 37 heavy (non-hydrogen) atoms. The van der Waals surface area contributed by atoms with E-state index < -0.39 is 15.9 Å². The molecule has 0 radical (unpaired) electrons. The third kappa shape index (κ3) is 6.23. The Labute approximate surface area is 219 Å². The number of hydrogen-bond acceptors (Lipinski definition) is 5. The van der Waals surface area contributed by atoms with Crippen LogP contribution in [0.15, 0.2) is 48.7 Å². The lowest BCUT2D eigenvalue weighted by atomic mass is 9.88. The molecule has 4 rings (SSSR count). The highest BCUT2D eigenvalue weighted by Crippen LogP contribution is 2.37. The summed E-state index contributed by atoms with van der Waals surface area (Å²) in [5.74, 6) is 0.0828. The van der Waals surface area contributed by atoms with Gasteiger partial charge in [0.05, 0.1) is 23.4 Å². The van der Waals surface area contributed by atoms with Crippen LogP contribution in [0.1, 0.15) is 54.9 Å². The topological polar surface area (TPSA) is 129 Å². The van der Waals surface area contributed by atoms with E-state index in [2.05, 4.69) is 16.4 Å². The van der Waals surface area contributed by atoms with E-state index in [1.807, 2.05) is 56.4 Å². The predicted molar refractivity (Wildman–Crippen MR) is 148 cm³/mol. The van der Waals surface area contributed by atoms with E-state index >= 15 is 0 Å². The van der Waals surface area contributed by atoms with Gasteiger partial charge >= 0.3 is 0 Å². The van der Waals surface area contributed by atoms with Crippen LogP contribution in [0.2, 0.25) is 0 Å². The van der Waals surface area contributed by atoms with Crippen molar-refractivity contribution in [2.75, 3.05) is 32.0 Å². The molecule has 9 heteroatoms. The molecule has 0 saturated carbocycles. The third-order valence-electron chi connectivity index (χ3n) is 7.47. The summed E-state index contributed by atoms with van der Waals surface area (Å²) in [5, 5.41) is 13.6. The highest BCUT2D eigenvalue weighted by Gasteiger charge is 2.30. The number of aromatic nitrogens is 1. The molecule has 1 atom stereocenters. The van der Waals surface area contributed by atoms with Gasteiger partial charge in [0.25, 0.3) is 5.91 Å². The number of amides is 1. The lowest BCUT2D eigenvalue weighted by Crippen LogP contribution is -2.41. The smallest absolute Gasteiger partial charge is 0.250 e. The number of primary amides is 1. The standard InChI is InChI=1S/C28H38N4O4S/c1-19(2)26(18-33)30-11-6-14-37(35,36)32-12-9-21(10-13-32)25-17-31-27-23(25)15-22(16-24(27)28(29)34)20-7-4-3-5-8-20/h3-5,7-8,15-17,19,21,26,30-31,33H,6,9-14,18H2,1-2H3,(H2,29,34)/t26-/m1/s1. The van der Waals surface area contributed by atoms with E-state index in [9.17, 15) is 18.3 Å². The number of hydrogen-bond donors (Lipinski definition) is 4. The van der Waals surface area contributed by atoms with Gasteiger partial charge in [0.2, 0.25) is 10.0 Å². The molecule has 2 aromatic carbocycles. The van der Waals surface area contributed by atoms with Crippen LogP contribution < -0.4 is 11.1 Å². The normalized spacial score (nSPS) is 16.4. The minimum absolute atomic E-state index is 0.0212. The molecule has 1 aliphatic heterocycles. The fraction of sp³-hybridized carbons (Fsp3) is 0.464. The zero-order valence-corrected chi connectivity index (χ0v) is 22.4. The van der Waals surface area contributed by atoms with Crippen LogP contribution in [0, 0.1) is 5.92 Å². The predicted octanol–water partition coefficient (Wildman–Crippen LogP) is 3.44. The first-order valence-corrected chi connectivity index (χ1v) is 14.6. The summed E-state index contributed by atoms with van der Waals surface area (Å²) in [6, 6.07) is 13.8. The minimum Gasteiger partial charge on any atom is -0.395 e. The lowest BCUT2D eigenvalue weighted by Gasteiger charge is -2.31. The number of rotatable bonds is 11. The van der Waals surface area contributed by atoms with Gasteiger partial charge in [0.15, 0.2) is 0 Å². The van der Waals surface area contributed by atoms with Crippen molar-refractivity contribution in [1.29, 1.82) is 0 Å². The molecule has 8 nitrogen and oxygen atoms in total. The van der Waals surface area contributed by atoms with Crippen LogP contribution in [-0.2, 0) is 10.0 Å². The quantitative estimate of drug-likeness (QED) is 0.285. The van der Waals surface area contributed by atoms with E-state index in [4.69, 9.17) is 5.73 Å². The highest BCUT2D eigenvalue weighted by molar-refractivity contribution is 7.89. The number of aromatic amines is 1. The molecular formula is C28H38N4O4S.